The Bertz CT molecular complexity index is 1100. The number of thiazole rings is 1. The number of amides is 1. The minimum absolute atomic E-state index is 0.0509. The van der Waals surface area contributed by atoms with Crippen LogP contribution < -0.4 is 10.6 Å². The van der Waals surface area contributed by atoms with Crippen LogP contribution >= 0.6 is 35.2 Å². The maximum Gasteiger partial charge on any atom is 0.270 e. The summed E-state index contributed by atoms with van der Waals surface area (Å²) >= 11 is 12.4. The van der Waals surface area contributed by atoms with Gasteiger partial charge in [-0.2, -0.15) is 0 Å². The highest BCUT2D eigenvalue weighted by Crippen LogP contribution is 2.25. The van der Waals surface area contributed by atoms with Crippen LogP contribution in [0.15, 0.2) is 60.0 Å². The molecule has 146 valence electrons. The number of halogens is 1. The number of thiocarbonyl (C=S) groups is 1. The van der Waals surface area contributed by atoms with Gasteiger partial charge in [-0.25, -0.2) is 4.98 Å². The molecule has 0 unspecified atom stereocenters. The van der Waals surface area contributed by atoms with Crippen LogP contribution in [0, 0.1) is 10.1 Å². The van der Waals surface area contributed by atoms with Gasteiger partial charge in [0.05, 0.1) is 10.6 Å². The molecule has 1 amide bonds. The van der Waals surface area contributed by atoms with Crippen molar-refractivity contribution in [3.05, 3.63) is 80.7 Å². The highest BCUT2D eigenvalue weighted by atomic mass is 35.5. The third-order valence-electron chi connectivity index (χ3n) is 3.61. The topological polar surface area (TPSA) is 97.2 Å². The SMILES string of the molecule is O=C(/C=C/c1cccc([N+](=O)[O-])c1)NC(=S)Nc1nc(-c2ccc(Cl)cc2)cs1. The Hall–Kier alpha value is -3.14. The number of rotatable bonds is 5. The highest BCUT2D eigenvalue weighted by Gasteiger charge is 2.08. The largest absolute Gasteiger partial charge is 0.308 e. The first kappa shape index (κ1) is 20.6. The van der Waals surface area contributed by atoms with Gasteiger partial charge in [0.1, 0.15) is 0 Å². The smallest absolute Gasteiger partial charge is 0.270 e. The zero-order valence-corrected chi connectivity index (χ0v) is 17.1. The number of non-ortho nitro benzene ring substituents is 1. The number of anilines is 1. The van der Waals surface area contributed by atoms with E-state index < -0.39 is 10.8 Å². The Balaban J connectivity index is 1.56. The predicted molar refractivity (Wildman–Crippen MR) is 119 cm³/mol. The first-order chi connectivity index (χ1) is 13.9. The molecule has 0 atom stereocenters. The minimum atomic E-state index is -0.497. The molecule has 0 saturated heterocycles. The molecule has 0 spiro atoms. The van der Waals surface area contributed by atoms with Gasteiger partial charge in [-0.05, 0) is 36.0 Å². The van der Waals surface area contributed by atoms with Crippen molar-refractivity contribution in [1.29, 1.82) is 0 Å². The van der Waals surface area contributed by atoms with Gasteiger partial charge >= 0.3 is 0 Å². The van der Waals surface area contributed by atoms with Crippen molar-refractivity contribution in [2.24, 2.45) is 0 Å². The van der Waals surface area contributed by atoms with Gasteiger partial charge in [-0.1, -0.05) is 35.9 Å². The molecular formula is C19H13ClN4O3S2. The van der Waals surface area contributed by atoms with Crippen LogP contribution in [0.25, 0.3) is 17.3 Å². The van der Waals surface area contributed by atoms with Crippen LogP contribution in [0.2, 0.25) is 5.02 Å². The second-order valence-electron chi connectivity index (χ2n) is 5.67. The van der Waals surface area contributed by atoms with E-state index in [1.807, 2.05) is 17.5 Å². The lowest BCUT2D eigenvalue weighted by molar-refractivity contribution is -0.384. The van der Waals surface area contributed by atoms with Gasteiger partial charge in [0.25, 0.3) is 5.69 Å². The van der Waals surface area contributed by atoms with Gasteiger partial charge < -0.3 is 5.32 Å². The number of nitro benzene ring substituents is 1. The number of nitro groups is 1. The van der Waals surface area contributed by atoms with E-state index in [-0.39, 0.29) is 10.8 Å². The lowest BCUT2D eigenvalue weighted by Crippen LogP contribution is -2.32. The molecule has 3 rings (SSSR count). The van der Waals surface area contributed by atoms with E-state index in [0.29, 0.717) is 15.7 Å². The Labute approximate surface area is 180 Å². The fourth-order valence-corrected chi connectivity index (χ4v) is 3.39. The fourth-order valence-electron chi connectivity index (χ4n) is 2.28. The van der Waals surface area contributed by atoms with E-state index >= 15 is 0 Å². The summed E-state index contributed by atoms with van der Waals surface area (Å²) in [7, 11) is 0. The summed E-state index contributed by atoms with van der Waals surface area (Å²) in [5.41, 5.74) is 2.15. The second kappa shape index (κ2) is 9.37. The molecule has 29 heavy (non-hydrogen) atoms. The molecule has 0 radical (unpaired) electrons. The Morgan fingerprint density at radius 3 is 2.72 bits per heavy atom. The van der Waals surface area contributed by atoms with Crippen molar-refractivity contribution >= 4 is 63.1 Å². The summed E-state index contributed by atoms with van der Waals surface area (Å²) in [6, 6.07) is 13.2. The third kappa shape index (κ3) is 5.92. The normalized spacial score (nSPS) is 10.7. The highest BCUT2D eigenvalue weighted by molar-refractivity contribution is 7.80. The molecule has 0 aliphatic rings. The molecule has 1 heterocycles. The lowest BCUT2D eigenvalue weighted by Gasteiger charge is -2.04. The molecule has 2 N–H and O–H groups in total. The van der Waals surface area contributed by atoms with E-state index in [2.05, 4.69) is 15.6 Å². The molecular weight excluding hydrogens is 432 g/mol. The number of nitrogens with zero attached hydrogens (tertiary/aromatic N) is 2. The lowest BCUT2D eigenvalue weighted by atomic mass is 10.2. The Kier molecular flexibility index (Phi) is 6.65. The summed E-state index contributed by atoms with van der Waals surface area (Å²) in [4.78, 5) is 26.7. The summed E-state index contributed by atoms with van der Waals surface area (Å²) < 4.78 is 0. The number of aromatic nitrogens is 1. The molecule has 0 aliphatic carbocycles. The number of nitrogens with one attached hydrogen (secondary N) is 2. The molecule has 2 aromatic carbocycles. The number of benzene rings is 2. The summed E-state index contributed by atoms with van der Waals surface area (Å²) in [5, 5.41) is 19.3. The molecule has 3 aromatic rings. The minimum Gasteiger partial charge on any atom is -0.308 e. The van der Waals surface area contributed by atoms with E-state index in [4.69, 9.17) is 23.8 Å². The molecule has 0 saturated carbocycles. The van der Waals surface area contributed by atoms with E-state index in [0.717, 1.165) is 11.3 Å². The van der Waals surface area contributed by atoms with Crippen LogP contribution in [0.4, 0.5) is 10.8 Å². The van der Waals surface area contributed by atoms with Crippen LogP contribution in [0.1, 0.15) is 5.56 Å². The Morgan fingerprint density at radius 2 is 2.00 bits per heavy atom. The van der Waals surface area contributed by atoms with E-state index in [1.165, 1.54) is 35.6 Å². The first-order valence-electron chi connectivity index (χ1n) is 8.17. The average molecular weight is 445 g/mol. The number of carbonyl (C=O) groups excluding carboxylic acids is 1. The van der Waals surface area contributed by atoms with Crippen LogP contribution in [0.5, 0.6) is 0 Å². The first-order valence-corrected chi connectivity index (χ1v) is 9.83. The summed E-state index contributed by atoms with van der Waals surface area (Å²) in [6.07, 6.45) is 2.71. The molecule has 10 heteroatoms. The number of hydrogen-bond acceptors (Lipinski definition) is 6. The van der Waals surface area contributed by atoms with Gasteiger partial charge in [0.2, 0.25) is 5.91 Å². The van der Waals surface area contributed by atoms with Gasteiger partial charge in [-0.3, -0.25) is 20.2 Å². The van der Waals surface area contributed by atoms with Crippen molar-refractivity contribution in [1.82, 2.24) is 10.3 Å². The van der Waals surface area contributed by atoms with Crippen LogP contribution in [-0.4, -0.2) is 20.9 Å². The number of hydrogen-bond donors (Lipinski definition) is 2. The van der Waals surface area contributed by atoms with Crippen molar-refractivity contribution < 1.29 is 9.72 Å². The van der Waals surface area contributed by atoms with Gasteiger partial charge in [0, 0.05) is 34.2 Å². The molecule has 1 aromatic heterocycles. The average Bonchev–Trinajstić information content (AvgIpc) is 3.15. The maximum absolute atomic E-state index is 12.0. The van der Waals surface area contributed by atoms with Gasteiger partial charge in [0.15, 0.2) is 10.2 Å². The molecule has 0 bridgehead atoms. The summed E-state index contributed by atoms with van der Waals surface area (Å²) in [6.45, 7) is 0. The van der Waals surface area contributed by atoms with Crippen molar-refractivity contribution in [2.45, 2.75) is 0 Å². The maximum atomic E-state index is 12.0. The predicted octanol–water partition coefficient (Wildman–Crippen LogP) is 4.90. The third-order valence-corrected chi connectivity index (χ3v) is 4.82. The standard InChI is InChI=1S/C19H13ClN4O3S2/c20-14-7-5-13(6-8-14)16-11-29-19(21-16)23-18(28)22-17(25)9-4-12-2-1-3-15(10-12)24(26)27/h1-11H,(H2,21,22,23,25,28)/b9-4+. The zero-order chi connectivity index (χ0) is 20.8. The fraction of sp³-hybridized carbons (Fsp3) is 0. The quantitative estimate of drug-likeness (QED) is 0.251. The molecule has 0 aliphatic heterocycles. The monoisotopic (exact) mass is 444 g/mol. The summed E-state index contributed by atoms with van der Waals surface area (Å²) in [5.74, 6) is -0.469. The van der Waals surface area contributed by atoms with Crippen LogP contribution in [-0.2, 0) is 4.79 Å². The number of carbonyl (C=O) groups is 1. The zero-order valence-electron chi connectivity index (χ0n) is 14.7. The van der Waals surface area contributed by atoms with Gasteiger partial charge in [-0.15, -0.1) is 11.3 Å². The second-order valence-corrected chi connectivity index (χ2v) is 7.38. The van der Waals surface area contributed by atoms with E-state index in [9.17, 15) is 14.9 Å². The van der Waals surface area contributed by atoms with E-state index in [1.54, 1.807) is 24.3 Å². The van der Waals surface area contributed by atoms with Crippen LogP contribution in [0.3, 0.4) is 0 Å². The Morgan fingerprint density at radius 1 is 1.24 bits per heavy atom. The van der Waals surface area contributed by atoms with Crippen molar-refractivity contribution in [3.8, 4) is 11.3 Å². The molecule has 7 nitrogen and oxygen atoms in total. The van der Waals surface area contributed by atoms with Crippen molar-refractivity contribution in [3.63, 3.8) is 0 Å². The molecule has 0 fully saturated rings. The van der Waals surface area contributed by atoms with Crippen molar-refractivity contribution in [2.75, 3.05) is 5.32 Å².